The zero-order valence-corrected chi connectivity index (χ0v) is 14.1. The normalized spacial score (nSPS) is 19.3. The van der Waals surface area contributed by atoms with E-state index < -0.39 is 6.10 Å². The van der Waals surface area contributed by atoms with Crippen LogP contribution in [0.25, 0.3) is 0 Å². The first kappa shape index (κ1) is 18.2. The Bertz CT molecular complexity index is 484. The topological polar surface area (TPSA) is 50.4 Å². The van der Waals surface area contributed by atoms with Crippen LogP contribution in [0.4, 0.5) is 4.39 Å². The lowest BCUT2D eigenvalue weighted by Crippen LogP contribution is -2.49. The van der Waals surface area contributed by atoms with Crippen LogP contribution in [0, 0.1) is 5.82 Å². The van der Waals surface area contributed by atoms with Gasteiger partial charge >= 0.3 is 0 Å². The summed E-state index contributed by atoms with van der Waals surface area (Å²) in [4.78, 5) is 12.0. The van der Waals surface area contributed by atoms with Crippen molar-refractivity contribution < 1.29 is 13.9 Å². The van der Waals surface area contributed by atoms with Gasteiger partial charge in [-0.25, -0.2) is 4.39 Å². The van der Waals surface area contributed by atoms with Crippen LogP contribution >= 0.6 is 28.3 Å². The molecule has 0 spiro atoms. The van der Waals surface area contributed by atoms with Gasteiger partial charge in [0.2, 0.25) is 0 Å². The molecule has 1 aliphatic rings. The molecule has 0 radical (unpaired) electrons. The molecule has 2 N–H and O–H groups in total. The van der Waals surface area contributed by atoms with Gasteiger partial charge in [-0.3, -0.25) is 4.79 Å². The average molecular weight is 382 g/mol. The summed E-state index contributed by atoms with van der Waals surface area (Å²) in [6.07, 6.45) is 1.41. The number of halogens is 3. The molecule has 0 aromatic heterocycles. The van der Waals surface area contributed by atoms with Gasteiger partial charge in [-0.2, -0.15) is 0 Å². The first-order valence-corrected chi connectivity index (χ1v) is 7.48. The second-order valence-corrected chi connectivity index (χ2v) is 5.74. The molecule has 1 unspecified atom stereocenters. The number of amides is 1. The first-order chi connectivity index (χ1) is 9.56. The summed E-state index contributed by atoms with van der Waals surface area (Å²) in [7, 11) is 0. The summed E-state index contributed by atoms with van der Waals surface area (Å²) in [6.45, 7) is 3.47. The van der Waals surface area contributed by atoms with Crippen molar-refractivity contribution in [3.63, 3.8) is 0 Å². The zero-order valence-electron chi connectivity index (χ0n) is 11.7. The first-order valence-electron chi connectivity index (χ1n) is 6.69. The molecule has 0 saturated carbocycles. The predicted octanol–water partition coefficient (Wildman–Crippen LogP) is 2.65. The van der Waals surface area contributed by atoms with Gasteiger partial charge in [-0.05, 0) is 60.4 Å². The van der Waals surface area contributed by atoms with Gasteiger partial charge in [0.1, 0.15) is 11.6 Å². The van der Waals surface area contributed by atoms with E-state index in [1.807, 2.05) is 0 Å². The number of piperidine rings is 1. The number of ether oxygens (including phenoxy) is 1. The van der Waals surface area contributed by atoms with Gasteiger partial charge < -0.3 is 15.4 Å². The summed E-state index contributed by atoms with van der Waals surface area (Å²) in [5, 5.41) is 6.19. The second kappa shape index (κ2) is 8.56. The lowest BCUT2D eigenvalue weighted by atomic mass is 10.1. The Balaban J connectivity index is 0.00000220. The van der Waals surface area contributed by atoms with E-state index in [0.29, 0.717) is 10.2 Å². The highest BCUT2D eigenvalue weighted by molar-refractivity contribution is 9.10. The SMILES string of the molecule is CC(Oc1ccc(F)cc1Br)C(=O)N[C@H]1CCCNC1.Cl. The highest BCUT2D eigenvalue weighted by atomic mass is 79.9. The van der Waals surface area contributed by atoms with Gasteiger partial charge in [-0.1, -0.05) is 0 Å². The number of hydrogen-bond acceptors (Lipinski definition) is 3. The minimum absolute atomic E-state index is 0. The number of benzene rings is 1. The van der Waals surface area contributed by atoms with Crippen LogP contribution in [0.2, 0.25) is 0 Å². The lowest BCUT2D eigenvalue weighted by Gasteiger charge is -2.25. The van der Waals surface area contributed by atoms with E-state index in [1.54, 1.807) is 6.92 Å². The molecule has 1 saturated heterocycles. The molecule has 7 heteroatoms. The molecule has 0 bridgehead atoms. The largest absolute Gasteiger partial charge is 0.480 e. The molecule has 1 aromatic carbocycles. The third-order valence-electron chi connectivity index (χ3n) is 3.21. The number of carbonyl (C=O) groups is 1. The smallest absolute Gasteiger partial charge is 0.261 e. The summed E-state index contributed by atoms with van der Waals surface area (Å²) >= 11 is 3.22. The van der Waals surface area contributed by atoms with E-state index >= 15 is 0 Å². The van der Waals surface area contributed by atoms with Crippen molar-refractivity contribution >= 4 is 34.2 Å². The fourth-order valence-corrected chi connectivity index (χ4v) is 2.55. The third kappa shape index (κ3) is 5.45. The molecule has 21 heavy (non-hydrogen) atoms. The fourth-order valence-electron chi connectivity index (χ4n) is 2.11. The molecule has 1 aromatic rings. The highest BCUT2D eigenvalue weighted by Crippen LogP contribution is 2.26. The molecular weight excluding hydrogens is 363 g/mol. The van der Waals surface area contributed by atoms with Crippen LogP contribution in [0.3, 0.4) is 0 Å². The van der Waals surface area contributed by atoms with Crippen LogP contribution in [0.1, 0.15) is 19.8 Å². The van der Waals surface area contributed by atoms with Crippen LogP contribution in [-0.2, 0) is 4.79 Å². The van der Waals surface area contributed by atoms with Gasteiger partial charge in [0.25, 0.3) is 5.91 Å². The molecule has 1 heterocycles. The van der Waals surface area contributed by atoms with E-state index in [1.165, 1.54) is 18.2 Å². The average Bonchev–Trinajstić information content (AvgIpc) is 2.43. The maximum Gasteiger partial charge on any atom is 0.261 e. The minimum atomic E-state index is -0.626. The van der Waals surface area contributed by atoms with Gasteiger partial charge in [0.05, 0.1) is 4.47 Å². The van der Waals surface area contributed by atoms with Crippen LogP contribution in [0.5, 0.6) is 5.75 Å². The lowest BCUT2D eigenvalue weighted by molar-refractivity contribution is -0.128. The minimum Gasteiger partial charge on any atom is -0.480 e. The van der Waals surface area contributed by atoms with Crippen molar-refractivity contribution in [3.05, 3.63) is 28.5 Å². The summed E-state index contributed by atoms with van der Waals surface area (Å²) < 4.78 is 19.0. The highest BCUT2D eigenvalue weighted by Gasteiger charge is 2.21. The van der Waals surface area contributed by atoms with Gasteiger partial charge in [0.15, 0.2) is 6.10 Å². The van der Waals surface area contributed by atoms with Crippen molar-refractivity contribution in [2.45, 2.75) is 31.9 Å². The Morgan fingerprint density at radius 3 is 2.95 bits per heavy atom. The monoisotopic (exact) mass is 380 g/mol. The van der Waals surface area contributed by atoms with E-state index in [4.69, 9.17) is 4.74 Å². The van der Waals surface area contributed by atoms with E-state index in [0.717, 1.165) is 25.9 Å². The number of carbonyl (C=O) groups excluding carboxylic acids is 1. The Kier molecular flexibility index (Phi) is 7.42. The quantitative estimate of drug-likeness (QED) is 0.843. The zero-order chi connectivity index (χ0) is 14.5. The maximum atomic E-state index is 13.0. The third-order valence-corrected chi connectivity index (χ3v) is 3.83. The molecule has 1 amide bonds. The fraction of sp³-hybridized carbons (Fsp3) is 0.500. The number of hydrogen-bond donors (Lipinski definition) is 2. The molecule has 2 rings (SSSR count). The van der Waals surface area contributed by atoms with Crippen molar-refractivity contribution in [2.24, 2.45) is 0 Å². The Labute approximate surface area is 138 Å². The van der Waals surface area contributed by atoms with Gasteiger partial charge in [0, 0.05) is 12.6 Å². The Hall–Kier alpha value is -0.850. The molecule has 1 fully saturated rings. The van der Waals surface area contributed by atoms with E-state index in [9.17, 15) is 9.18 Å². The summed E-state index contributed by atoms with van der Waals surface area (Å²) in [6, 6.07) is 4.27. The molecule has 2 atom stereocenters. The van der Waals surface area contributed by atoms with E-state index in [2.05, 4.69) is 26.6 Å². The second-order valence-electron chi connectivity index (χ2n) is 4.89. The van der Waals surface area contributed by atoms with Crippen LogP contribution in [-0.4, -0.2) is 31.1 Å². The van der Waals surface area contributed by atoms with Crippen LogP contribution < -0.4 is 15.4 Å². The Morgan fingerprint density at radius 2 is 2.33 bits per heavy atom. The molecule has 118 valence electrons. The maximum absolute atomic E-state index is 13.0. The van der Waals surface area contributed by atoms with E-state index in [-0.39, 0.29) is 30.2 Å². The van der Waals surface area contributed by atoms with Crippen LogP contribution in [0.15, 0.2) is 22.7 Å². The molecule has 4 nitrogen and oxygen atoms in total. The summed E-state index contributed by atoms with van der Waals surface area (Å²) in [5.41, 5.74) is 0. The number of rotatable bonds is 4. The van der Waals surface area contributed by atoms with Crippen molar-refractivity contribution in [1.29, 1.82) is 0 Å². The van der Waals surface area contributed by atoms with Crippen molar-refractivity contribution in [3.8, 4) is 5.75 Å². The predicted molar refractivity (Wildman–Crippen MR) is 85.5 cm³/mol. The number of nitrogens with one attached hydrogen (secondary N) is 2. The summed E-state index contributed by atoms with van der Waals surface area (Å²) in [5.74, 6) is -0.0552. The van der Waals surface area contributed by atoms with Crippen molar-refractivity contribution in [1.82, 2.24) is 10.6 Å². The molecular formula is C14H19BrClFN2O2. The standard InChI is InChI=1S/C14H18BrFN2O2.ClH/c1-9(14(19)18-11-3-2-6-17-8-11)20-13-5-4-10(16)7-12(13)15;/h4-5,7,9,11,17H,2-3,6,8H2,1H3,(H,18,19);1H/t9?,11-;/m0./s1. The van der Waals surface area contributed by atoms with Crippen molar-refractivity contribution in [2.75, 3.05) is 13.1 Å². The Morgan fingerprint density at radius 1 is 1.57 bits per heavy atom. The molecule has 1 aliphatic heterocycles. The molecule has 0 aliphatic carbocycles. The van der Waals surface area contributed by atoms with Gasteiger partial charge in [-0.15, -0.1) is 12.4 Å².